The average molecular weight is 90.1 g/mol. The van der Waals surface area contributed by atoms with Crippen LogP contribution >= 0.6 is 0 Å². The molecule has 0 atom stereocenters. The predicted octanol–water partition coefficient (Wildman–Crippen LogP) is 0.209. The summed E-state index contributed by atoms with van der Waals surface area (Å²) in [5, 5.41) is 2.20. The largest absolute Gasteiger partial charge is 0.257 e. The molecule has 0 aromatic carbocycles. The SMILES string of the molecule is CCONN=O. The summed E-state index contributed by atoms with van der Waals surface area (Å²) in [6.07, 6.45) is 0. The Bertz CT molecular complexity index is 38.5. The molecule has 4 heteroatoms. The van der Waals surface area contributed by atoms with Crippen LogP contribution in [-0.4, -0.2) is 6.61 Å². The fraction of sp³-hybridized carbons (Fsp3) is 1.00. The van der Waals surface area contributed by atoms with Crippen LogP contribution in [0, 0.1) is 4.91 Å². The normalized spacial score (nSPS) is 7.50. The van der Waals surface area contributed by atoms with Gasteiger partial charge in [-0.3, -0.25) is 4.84 Å². The number of nitrogens with one attached hydrogen (secondary N) is 1. The van der Waals surface area contributed by atoms with E-state index in [-0.39, 0.29) is 0 Å². The van der Waals surface area contributed by atoms with Crippen LogP contribution in [0.4, 0.5) is 0 Å². The molecule has 1 N–H and O–H groups in total. The molecule has 0 rings (SSSR count). The molecule has 0 saturated carbocycles. The molecule has 0 aromatic heterocycles. The molecule has 0 spiro atoms. The molecular weight excluding hydrogens is 84.0 g/mol. The van der Waals surface area contributed by atoms with E-state index in [9.17, 15) is 0 Å². The minimum atomic E-state index is 0.450. The summed E-state index contributed by atoms with van der Waals surface area (Å²) in [5.74, 6) is 0. The lowest BCUT2D eigenvalue weighted by Crippen LogP contribution is -2.03. The molecule has 0 radical (unpaired) electrons. The third kappa shape index (κ3) is 3.36. The van der Waals surface area contributed by atoms with Gasteiger partial charge >= 0.3 is 0 Å². The lowest BCUT2D eigenvalue weighted by atomic mass is 10.9. The van der Waals surface area contributed by atoms with Crippen LogP contribution < -0.4 is 5.59 Å². The van der Waals surface area contributed by atoms with E-state index in [1.807, 2.05) is 0 Å². The van der Waals surface area contributed by atoms with Gasteiger partial charge in [-0.05, 0) is 6.92 Å². The molecule has 0 heterocycles. The van der Waals surface area contributed by atoms with E-state index in [4.69, 9.17) is 4.91 Å². The van der Waals surface area contributed by atoms with Crippen LogP contribution in [0.1, 0.15) is 6.92 Å². The van der Waals surface area contributed by atoms with Crippen molar-refractivity contribution in [2.45, 2.75) is 6.92 Å². The molecule has 0 fully saturated rings. The van der Waals surface area contributed by atoms with Gasteiger partial charge in [0.1, 0.15) is 0 Å². The van der Waals surface area contributed by atoms with Crippen LogP contribution in [0.15, 0.2) is 5.29 Å². The highest BCUT2D eigenvalue weighted by molar-refractivity contribution is 4.04. The molecule has 0 bridgehead atoms. The molecule has 0 saturated heterocycles. The average Bonchev–Trinajstić information content (AvgIpc) is 1.61. The van der Waals surface area contributed by atoms with Crippen LogP contribution in [0.2, 0.25) is 0 Å². The van der Waals surface area contributed by atoms with Crippen molar-refractivity contribution < 1.29 is 4.84 Å². The second-order valence-corrected chi connectivity index (χ2v) is 0.616. The maximum absolute atomic E-state index is 9.08. The van der Waals surface area contributed by atoms with Gasteiger partial charge in [-0.1, -0.05) is 0 Å². The van der Waals surface area contributed by atoms with Crippen LogP contribution in [-0.2, 0) is 4.84 Å². The first-order valence-corrected chi connectivity index (χ1v) is 1.61. The van der Waals surface area contributed by atoms with Crippen molar-refractivity contribution in [1.29, 1.82) is 0 Å². The van der Waals surface area contributed by atoms with Gasteiger partial charge in [-0.2, -0.15) is 0 Å². The van der Waals surface area contributed by atoms with Gasteiger partial charge < -0.3 is 0 Å². The lowest BCUT2D eigenvalue weighted by Gasteiger charge is -1.87. The second kappa shape index (κ2) is 4.36. The Balaban J connectivity index is 2.49. The highest BCUT2D eigenvalue weighted by Crippen LogP contribution is 1.59. The Hall–Kier alpha value is -0.640. The highest BCUT2D eigenvalue weighted by atomic mass is 16.7. The van der Waals surface area contributed by atoms with Crippen molar-refractivity contribution in [2.75, 3.05) is 6.61 Å². The number of rotatable bonds is 3. The Kier molecular flexibility index (Phi) is 3.89. The maximum Gasteiger partial charge on any atom is 0.0761 e. The first kappa shape index (κ1) is 5.36. The maximum atomic E-state index is 9.08. The molecule has 4 nitrogen and oxygen atoms in total. The zero-order valence-corrected chi connectivity index (χ0v) is 3.47. The van der Waals surface area contributed by atoms with Crippen molar-refractivity contribution >= 4 is 0 Å². The van der Waals surface area contributed by atoms with E-state index < -0.39 is 0 Å². The summed E-state index contributed by atoms with van der Waals surface area (Å²) in [6, 6.07) is 0. The summed E-state index contributed by atoms with van der Waals surface area (Å²) < 4.78 is 0. The van der Waals surface area contributed by atoms with E-state index in [0.717, 1.165) is 0 Å². The Morgan fingerprint density at radius 3 is 2.83 bits per heavy atom. The topological polar surface area (TPSA) is 50.7 Å². The summed E-state index contributed by atoms with van der Waals surface area (Å²) in [6.45, 7) is 2.20. The molecule has 0 aliphatic rings. The van der Waals surface area contributed by atoms with Gasteiger partial charge in [0, 0.05) is 0 Å². The first-order chi connectivity index (χ1) is 2.91. The molecule has 0 aliphatic carbocycles. The van der Waals surface area contributed by atoms with E-state index in [1.165, 1.54) is 0 Å². The Labute approximate surface area is 35.4 Å². The molecular formula is C2H6N2O2. The van der Waals surface area contributed by atoms with Crippen LogP contribution in [0.5, 0.6) is 0 Å². The Morgan fingerprint density at radius 2 is 2.67 bits per heavy atom. The summed E-state index contributed by atoms with van der Waals surface area (Å²) in [7, 11) is 0. The minimum absolute atomic E-state index is 0.450. The number of hydrogen-bond donors (Lipinski definition) is 1. The van der Waals surface area contributed by atoms with E-state index in [0.29, 0.717) is 6.61 Å². The minimum Gasteiger partial charge on any atom is -0.257 e. The monoisotopic (exact) mass is 90.0 g/mol. The zero-order valence-electron chi connectivity index (χ0n) is 3.47. The molecule has 0 unspecified atom stereocenters. The molecule has 0 amide bonds. The van der Waals surface area contributed by atoms with Gasteiger partial charge in [0.05, 0.1) is 11.9 Å². The third-order valence-corrected chi connectivity index (χ3v) is 0.246. The first-order valence-electron chi connectivity index (χ1n) is 1.61. The number of nitrogens with zero attached hydrogens (tertiary/aromatic N) is 1. The van der Waals surface area contributed by atoms with E-state index >= 15 is 0 Å². The molecule has 0 aromatic rings. The standard InChI is InChI=1S/C2H6N2O2/c1-2-6-4-3-5/h2H2,1H3,(H,4,5). The van der Waals surface area contributed by atoms with Crippen molar-refractivity contribution in [3.05, 3.63) is 4.91 Å². The number of hydrogen-bond acceptors (Lipinski definition) is 3. The summed E-state index contributed by atoms with van der Waals surface area (Å²) in [5.41, 5.74) is 1.77. The fourth-order valence-electron chi connectivity index (χ4n) is 0.0909. The second-order valence-electron chi connectivity index (χ2n) is 0.616. The number of nitroso groups, excluding NO2 is 1. The van der Waals surface area contributed by atoms with Crippen LogP contribution in [0.25, 0.3) is 0 Å². The molecule has 36 valence electrons. The fourth-order valence-corrected chi connectivity index (χ4v) is 0.0909. The summed E-state index contributed by atoms with van der Waals surface area (Å²) >= 11 is 0. The van der Waals surface area contributed by atoms with Gasteiger partial charge in [0.25, 0.3) is 0 Å². The van der Waals surface area contributed by atoms with Crippen molar-refractivity contribution in [3.8, 4) is 0 Å². The Morgan fingerprint density at radius 1 is 2.00 bits per heavy atom. The lowest BCUT2D eigenvalue weighted by molar-refractivity contribution is 0.0518. The highest BCUT2D eigenvalue weighted by Gasteiger charge is 1.67. The van der Waals surface area contributed by atoms with Crippen molar-refractivity contribution in [3.63, 3.8) is 0 Å². The third-order valence-electron chi connectivity index (χ3n) is 0.246. The predicted molar refractivity (Wildman–Crippen MR) is 20.6 cm³/mol. The van der Waals surface area contributed by atoms with Gasteiger partial charge in [-0.25, -0.2) is 0 Å². The summed E-state index contributed by atoms with van der Waals surface area (Å²) in [4.78, 5) is 13.3. The van der Waals surface area contributed by atoms with Crippen molar-refractivity contribution in [1.82, 2.24) is 5.59 Å². The van der Waals surface area contributed by atoms with E-state index in [1.54, 1.807) is 12.5 Å². The van der Waals surface area contributed by atoms with Gasteiger partial charge in [-0.15, -0.1) is 10.5 Å². The molecule has 0 aliphatic heterocycles. The van der Waals surface area contributed by atoms with Crippen LogP contribution in [0.3, 0.4) is 0 Å². The van der Waals surface area contributed by atoms with Gasteiger partial charge in [0.15, 0.2) is 0 Å². The van der Waals surface area contributed by atoms with Crippen molar-refractivity contribution in [2.24, 2.45) is 5.29 Å². The smallest absolute Gasteiger partial charge is 0.0761 e. The molecule has 6 heavy (non-hydrogen) atoms. The van der Waals surface area contributed by atoms with E-state index in [2.05, 4.69) is 10.1 Å². The zero-order chi connectivity index (χ0) is 4.83. The van der Waals surface area contributed by atoms with Gasteiger partial charge in [0.2, 0.25) is 0 Å². The quantitative estimate of drug-likeness (QED) is 0.306.